The molecule has 1 aliphatic rings. The van der Waals surface area contributed by atoms with Gasteiger partial charge < -0.3 is 9.30 Å². The molecule has 1 aliphatic heterocycles. The van der Waals surface area contributed by atoms with E-state index in [0.717, 1.165) is 67.1 Å². The number of hydrogen-bond acceptors (Lipinski definition) is 2. The van der Waals surface area contributed by atoms with Crippen LogP contribution in [0.1, 0.15) is 79.0 Å². The molecule has 0 N–H and O–H groups in total. The van der Waals surface area contributed by atoms with Crippen LogP contribution in [0.25, 0.3) is 61.0 Å². The molecule has 0 radical (unpaired) electrons. The second-order valence-corrected chi connectivity index (χ2v) is 21.8. The van der Waals surface area contributed by atoms with E-state index in [0.29, 0.717) is 11.5 Å². The average Bonchev–Trinajstić information content (AvgIpc) is 3.92. The number of nitrogens with zero attached hydrogens (tertiary/aromatic N) is 4. The van der Waals surface area contributed by atoms with E-state index in [2.05, 4.69) is 258 Å². The molecule has 2 aromatic heterocycles. The van der Waals surface area contributed by atoms with Crippen LogP contribution >= 0.6 is 0 Å². The van der Waals surface area contributed by atoms with E-state index in [9.17, 15) is 0 Å². The Kier molecular flexibility index (Phi) is 12.5. The Morgan fingerprint density at radius 2 is 1.10 bits per heavy atom. The summed E-state index contributed by atoms with van der Waals surface area (Å²) in [7, 11) is 0. The molecule has 72 heavy (non-hydrogen) atoms. The molecule has 0 fully saturated rings. The number of fused-ring (bicyclic) bond motifs is 4. The van der Waals surface area contributed by atoms with E-state index in [-0.39, 0.29) is 37.3 Å². The molecule has 0 bridgehead atoms. The summed E-state index contributed by atoms with van der Waals surface area (Å²) in [4.78, 5) is 4.95. The first kappa shape index (κ1) is 48.2. The minimum atomic E-state index is -0.0757. The topological polar surface area (TPSA) is 33.1 Å². The molecular formula is C66H58N4OPt+2. The zero-order chi connectivity index (χ0) is 49.2. The second-order valence-electron chi connectivity index (χ2n) is 21.8. The van der Waals surface area contributed by atoms with Crippen molar-refractivity contribution < 1.29 is 25.8 Å². The predicted octanol–water partition coefficient (Wildman–Crippen LogP) is 17.3. The molecule has 0 spiro atoms. The van der Waals surface area contributed by atoms with Crippen molar-refractivity contribution in [3.8, 4) is 50.7 Å². The molecule has 0 saturated carbocycles. The molecule has 0 atom stereocenters. The Labute approximate surface area is 438 Å². The molecule has 6 heteroatoms. The SMILES string of the molecule is CC(C)(C)c1cc([N+]2=C=[N+](c3[c-]c(Oc4[c-]c5c(cc4)c4cc(-c6ccccc6)ccc4n5-c4cc(C(C)(C)C)ccn4)ccc3)c3cccc(-c4cccc(-c5ccccc5)c4)c32)cc(C(C)(C)C)c1.[Pt+2]. The Morgan fingerprint density at radius 1 is 0.486 bits per heavy atom. The molecule has 11 rings (SSSR count). The summed E-state index contributed by atoms with van der Waals surface area (Å²) in [5, 5.41) is 2.19. The second kappa shape index (κ2) is 18.6. The van der Waals surface area contributed by atoms with Crippen LogP contribution in [-0.4, -0.2) is 15.6 Å². The van der Waals surface area contributed by atoms with Crippen molar-refractivity contribution in [3.05, 3.63) is 217 Å². The molecular weight excluding hydrogens is 1060 g/mol. The van der Waals surface area contributed by atoms with Gasteiger partial charge >= 0.3 is 32.8 Å². The van der Waals surface area contributed by atoms with Gasteiger partial charge in [-0.05, 0) is 101 Å². The van der Waals surface area contributed by atoms with Crippen LogP contribution in [0.5, 0.6) is 11.5 Å². The van der Waals surface area contributed by atoms with Gasteiger partial charge in [-0.3, -0.25) is 0 Å². The maximum atomic E-state index is 6.79. The van der Waals surface area contributed by atoms with E-state index in [1.54, 1.807) is 0 Å². The fraction of sp³-hybridized carbons (Fsp3) is 0.182. The standard InChI is InChI=1S/C66H58N4O.Pt/c1-64(2,3)49-33-34-67-62(40-49)70-59-32-29-47(45-21-14-11-15-22-45)36-58(59)57-31-30-55(42-61(57)70)71-54-26-17-25-52(41-54)68-43-69(53-38-50(65(4,5)6)37-51(39-53)66(7,8)9)63-56(27-18-28-60(63)68)48-24-16-23-46(35-48)44-19-12-10-13-20-44;/h10-40H,1-9H3;/q;+2. The molecule has 0 saturated heterocycles. The predicted molar refractivity (Wildman–Crippen MR) is 296 cm³/mol. The number of benzene rings is 8. The van der Waals surface area contributed by atoms with Gasteiger partial charge in [0.2, 0.25) is 5.69 Å². The molecule has 0 aliphatic carbocycles. The summed E-state index contributed by atoms with van der Waals surface area (Å²) in [5.74, 6) is 1.98. The molecule has 3 heterocycles. The summed E-state index contributed by atoms with van der Waals surface area (Å²) < 4.78 is 13.4. The van der Waals surface area contributed by atoms with Crippen molar-refractivity contribution in [1.29, 1.82) is 0 Å². The summed E-state index contributed by atoms with van der Waals surface area (Å²) in [6.07, 6.45) is 1.91. The van der Waals surface area contributed by atoms with Crippen molar-refractivity contribution in [2.45, 2.75) is 78.6 Å². The van der Waals surface area contributed by atoms with Gasteiger partial charge in [0.1, 0.15) is 11.5 Å². The van der Waals surface area contributed by atoms with E-state index in [1.165, 1.54) is 33.4 Å². The minimum absolute atomic E-state index is 0. The third-order valence-electron chi connectivity index (χ3n) is 13.7. The summed E-state index contributed by atoms with van der Waals surface area (Å²) in [5.41, 5.74) is 16.3. The first-order valence-corrected chi connectivity index (χ1v) is 24.6. The molecule has 5 nitrogen and oxygen atoms in total. The average molecular weight is 1120 g/mol. The van der Waals surface area contributed by atoms with Gasteiger partial charge in [-0.2, -0.15) is 12.1 Å². The Morgan fingerprint density at radius 3 is 1.78 bits per heavy atom. The van der Waals surface area contributed by atoms with E-state index >= 15 is 0 Å². The molecule has 8 aromatic carbocycles. The van der Waals surface area contributed by atoms with Gasteiger partial charge in [0, 0.05) is 41.4 Å². The maximum Gasteiger partial charge on any atom is 2.00 e. The van der Waals surface area contributed by atoms with Crippen molar-refractivity contribution in [2.24, 2.45) is 0 Å². The number of hydrogen-bond donors (Lipinski definition) is 0. The number of pyridine rings is 1. The van der Waals surface area contributed by atoms with Crippen molar-refractivity contribution in [1.82, 2.24) is 18.7 Å². The van der Waals surface area contributed by atoms with Crippen molar-refractivity contribution in [2.75, 3.05) is 0 Å². The van der Waals surface area contributed by atoms with E-state index < -0.39 is 0 Å². The fourth-order valence-electron chi connectivity index (χ4n) is 9.64. The molecule has 356 valence electrons. The first-order valence-electron chi connectivity index (χ1n) is 24.6. The molecule has 10 aromatic rings. The summed E-state index contributed by atoms with van der Waals surface area (Å²) in [6.45, 7) is 20.4. The first-order chi connectivity index (χ1) is 34.1. The van der Waals surface area contributed by atoms with Crippen molar-refractivity contribution in [3.63, 3.8) is 0 Å². The quantitative estimate of drug-likeness (QED) is 0.112. The number of para-hydroxylation sites is 1. The fourth-order valence-corrected chi connectivity index (χ4v) is 9.64. The van der Waals surface area contributed by atoms with Crippen LogP contribution in [0.3, 0.4) is 0 Å². The molecule has 0 unspecified atom stereocenters. The van der Waals surface area contributed by atoms with Crippen molar-refractivity contribution >= 4 is 50.6 Å². The van der Waals surface area contributed by atoms with Gasteiger partial charge in [0.25, 0.3) is 5.69 Å². The maximum absolute atomic E-state index is 6.79. The van der Waals surface area contributed by atoms with Crippen LogP contribution < -0.4 is 13.9 Å². The van der Waals surface area contributed by atoms with Gasteiger partial charge in [0.15, 0.2) is 0 Å². The molecule has 0 amide bonds. The smallest absolute Gasteiger partial charge is 0.509 e. The Bertz CT molecular complexity index is 3730. The monoisotopic (exact) mass is 1120 g/mol. The zero-order valence-electron chi connectivity index (χ0n) is 42.4. The Balaban J connectivity index is 0.00000596. The van der Waals surface area contributed by atoms with Crippen LogP contribution in [-0.2, 0) is 37.3 Å². The summed E-state index contributed by atoms with van der Waals surface area (Å²) in [6, 6.07) is 76.0. The number of rotatable bonds is 8. The van der Waals surface area contributed by atoms with Gasteiger partial charge in [-0.15, -0.1) is 23.6 Å². The minimum Gasteiger partial charge on any atom is -0.509 e. The number of aromatic nitrogens is 2. The normalized spacial score (nSPS) is 12.6. The largest absolute Gasteiger partial charge is 2.00 e. The van der Waals surface area contributed by atoms with Gasteiger partial charge in [-0.25, -0.2) is 4.98 Å². The van der Waals surface area contributed by atoms with Gasteiger partial charge in [-0.1, -0.05) is 188 Å². The van der Waals surface area contributed by atoms with Crippen LogP contribution in [0.15, 0.2) is 188 Å². The number of ether oxygens (including phenoxy) is 1. The van der Waals surface area contributed by atoms with E-state index in [1.807, 2.05) is 24.4 Å². The van der Waals surface area contributed by atoms with E-state index in [4.69, 9.17) is 9.72 Å². The van der Waals surface area contributed by atoms with Crippen LogP contribution in [0.4, 0.5) is 22.7 Å². The van der Waals surface area contributed by atoms with Crippen LogP contribution in [0.2, 0.25) is 0 Å². The third-order valence-corrected chi connectivity index (χ3v) is 13.7. The summed E-state index contributed by atoms with van der Waals surface area (Å²) >= 11 is 0. The Hall–Kier alpha value is -7.42. The van der Waals surface area contributed by atoms with Crippen LogP contribution in [0, 0.1) is 12.1 Å². The van der Waals surface area contributed by atoms with Gasteiger partial charge in [0.05, 0.1) is 5.56 Å². The zero-order valence-corrected chi connectivity index (χ0v) is 44.7. The third kappa shape index (κ3) is 9.20.